The molecule has 6 nitrogen and oxygen atoms in total. The average Bonchev–Trinajstić information content (AvgIpc) is 3.09. The van der Waals surface area contributed by atoms with Crippen LogP contribution in [-0.4, -0.2) is 57.1 Å². The molecule has 0 saturated carbocycles. The van der Waals surface area contributed by atoms with E-state index in [1.54, 1.807) is 4.90 Å². The average molecular weight is 486 g/mol. The van der Waals surface area contributed by atoms with Crippen LogP contribution in [0.15, 0.2) is 47.4 Å². The fraction of sp³-hybridized carbons (Fsp3) is 0.333. The molecule has 10 heteroatoms. The molecule has 0 aliphatic rings. The molecule has 3 rings (SSSR count). The van der Waals surface area contributed by atoms with Crippen molar-refractivity contribution in [1.29, 1.82) is 0 Å². The van der Waals surface area contributed by atoms with Crippen molar-refractivity contribution in [3.05, 3.63) is 53.8 Å². The Kier molecular flexibility index (Phi) is 8.53. The van der Waals surface area contributed by atoms with Crippen molar-refractivity contribution in [2.75, 3.05) is 37.8 Å². The zero-order chi connectivity index (χ0) is 21.9. The van der Waals surface area contributed by atoms with Gasteiger partial charge in [0.15, 0.2) is 15.0 Å². The van der Waals surface area contributed by atoms with E-state index in [4.69, 9.17) is 0 Å². The van der Waals surface area contributed by atoms with Crippen LogP contribution in [0, 0.1) is 12.7 Å². The molecule has 2 aromatic carbocycles. The normalized spacial score (nSPS) is 11.5. The highest BCUT2D eigenvalue weighted by molar-refractivity contribution is 7.91. The Morgan fingerprint density at radius 2 is 1.77 bits per heavy atom. The summed E-state index contributed by atoms with van der Waals surface area (Å²) in [6, 6.07) is 10.5. The van der Waals surface area contributed by atoms with E-state index in [0.29, 0.717) is 18.2 Å². The van der Waals surface area contributed by atoms with E-state index in [0.717, 1.165) is 27.9 Å². The van der Waals surface area contributed by atoms with Gasteiger partial charge in [0.25, 0.3) is 0 Å². The molecule has 0 saturated heterocycles. The summed E-state index contributed by atoms with van der Waals surface area (Å²) in [6.45, 7) is 3.01. The number of rotatable bonds is 8. The van der Waals surface area contributed by atoms with Crippen molar-refractivity contribution < 1.29 is 17.6 Å². The third-order valence-electron chi connectivity index (χ3n) is 4.59. The molecule has 1 heterocycles. The Labute approximate surface area is 192 Å². The highest BCUT2D eigenvalue weighted by atomic mass is 35.5. The first kappa shape index (κ1) is 25.2. The minimum absolute atomic E-state index is 0. The number of hydrogen-bond acceptors (Lipinski definition) is 6. The number of nitrogens with zero attached hydrogens (tertiary/aromatic N) is 3. The maximum atomic E-state index is 13.1. The van der Waals surface area contributed by atoms with Crippen LogP contribution in [-0.2, 0) is 14.6 Å². The molecule has 0 aliphatic carbocycles. The van der Waals surface area contributed by atoms with Gasteiger partial charge >= 0.3 is 0 Å². The van der Waals surface area contributed by atoms with Crippen LogP contribution in [0.1, 0.15) is 12.0 Å². The lowest BCUT2D eigenvalue weighted by atomic mass is 10.2. The van der Waals surface area contributed by atoms with Crippen LogP contribution in [0.2, 0.25) is 0 Å². The van der Waals surface area contributed by atoms with Gasteiger partial charge in [-0.3, -0.25) is 9.69 Å². The van der Waals surface area contributed by atoms with E-state index in [1.807, 2.05) is 44.1 Å². The lowest BCUT2D eigenvalue weighted by molar-refractivity contribution is -0.118. The van der Waals surface area contributed by atoms with Crippen LogP contribution in [0.5, 0.6) is 0 Å². The predicted molar refractivity (Wildman–Crippen MR) is 126 cm³/mol. The molecule has 0 unspecified atom stereocenters. The Bertz CT molecular complexity index is 1150. The number of fused-ring (bicyclic) bond motifs is 1. The molecule has 0 radical (unpaired) electrons. The summed E-state index contributed by atoms with van der Waals surface area (Å²) in [5.41, 5.74) is 1.91. The van der Waals surface area contributed by atoms with Gasteiger partial charge in [-0.05, 0) is 63.0 Å². The minimum Gasteiger partial charge on any atom is -0.308 e. The summed E-state index contributed by atoms with van der Waals surface area (Å²) in [4.78, 5) is 21.1. The van der Waals surface area contributed by atoms with Crippen molar-refractivity contribution in [2.24, 2.45) is 0 Å². The number of carbonyl (C=O) groups is 1. The van der Waals surface area contributed by atoms with E-state index in [2.05, 4.69) is 4.98 Å². The van der Waals surface area contributed by atoms with Crippen molar-refractivity contribution in [3.63, 3.8) is 0 Å². The van der Waals surface area contributed by atoms with Crippen molar-refractivity contribution in [1.82, 2.24) is 9.88 Å². The van der Waals surface area contributed by atoms with Crippen LogP contribution in [0.3, 0.4) is 0 Å². The molecule has 0 N–H and O–H groups in total. The van der Waals surface area contributed by atoms with Crippen LogP contribution >= 0.6 is 23.7 Å². The second kappa shape index (κ2) is 10.5. The Hall–Kier alpha value is -2.07. The van der Waals surface area contributed by atoms with E-state index in [-0.39, 0.29) is 35.4 Å². The summed E-state index contributed by atoms with van der Waals surface area (Å²) >= 11 is 1.42. The standard InChI is InChI=1S/C21H24FN3O3S2.ClH/c1-15-4-9-18-19(14-15)29-21(23-18)25(12-11-24(2)3)20(26)10-13-30(27,28)17-7-5-16(22)6-8-17;/h4-9,14H,10-13H2,1-3H3;1H. The second-order valence-electron chi connectivity index (χ2n) is 7.34. The van der Waals surface area contributed by atoms with Gasteiger partial charge in [-0.2, -0.15) is 0 Å². The van der Waals surface area contributed by atoms with Crippen LogP contribution in [0.25, 0.3) is 10.2 Å². The lowest BCUT2D eigenvalue weighted by Gasteiger charge is -2.22. The summed E-state index contributed by atoms with van der Waals surface area (Å²) in [6.07, 6.45) is -0.178. The molecule has 1 aromatic heterocycles. The summed E-state index contributed by atoms with van der Waals surface area (Å²) in [5.74, 6) is -1.16. The summed E-state index contributed by atoms with van der Waals surface area (Å²) in [5, 5.41) is 0.557. The minimum atomic E-state index is -3.69. The third kappa shape index (κ3) is 6.46. The molecule has 0 aliphatic heterocycles. The number of halogens is 2. The van der Waals surface area contributed by atoms with E-state index >= 15 is 0 Å². The topological polar surface area (TPSA) is 70.6 Å². The quantitative estimate of drug-likeness (QED) is 0.452. The van der Waals surface area contributed by atoms with Gasteiger partial charge in [-0.15, -0.1) is 12.4 Å². The van der Waals surface area contributed by atoms with Gasteiger partial charge in [0.1, 0.15) is 5.82 Å². The van der Waals surface area contributed by atoms with Gasteiger partial charge in [-0.25, -0.2) is 17.8 Å². The molecule has 31 heavy (non-hydrogen) atoms. The number of carbonyl (C=O) groups excluding carboxylic acids is 1. The fourth-order valence-electron chi connectivity index (χ4n) is 2.88. The van der Waals surface area contributed by atoms with Gasteiger partial charge < -0.3 is 4.90 Å². The van der Waals surface area contributed by atoms with Crippen molar-refractivity contribution in [3.8, 4) is 0 Å². The molecule has 1 amide bonds. The first-order valence-corrected chi connectivity index (χ1v) is 11.9. The maximum Gasteiger partial charge on any atom is 0.229 e. The monoisotopic (exact) mass is 485 g/mol. The number of aryl methyl sites for hydroxylation is 1. The number of thiazole rings is 1. The van der Waals surface area contributed by atoms with E-state index in [1.165, 1.54) is 23.5 Å². The highest BCUT2D eigenvalue weighted by Gasteiger charge is 2.23. The Morgan fingerprint density at radius 1 is 1.10 bits per heavy atom. The number of sulfone groups is 1. The molecule has 168 valence electrons. The SMILES string of the molecule is Cc1ccc2nc(N(CCN(C)C)C(=O)CCS(=O)(=O)c3ccc(F)cc3)sc2c1.Cl. The largest absolute Gasteiger partial charge is 0.308 e. The Balaban J connectivity index is 0.00000341. The first-order chi connectivity index (χ1) is 14.2. The predicted octanol–water partition coefficient (Wildman–Crippen LogP) is 3.92. The molecule has 0 spiro atoms. The molecule has 3 aromatic rings. The van der Waals surface area contributed by atoms with Gasteiger partial charge in [0, 0.05) is 19.5 Å². The fourth-order valence-corrected chi connectivity index (χ4v) is 5.22. The van der Waals surface area contributed by atoms with Crippen LogP contribution < -0.4 is 4.90 Å². The first-order valence-electron chi connectivity index (χ1n) is 9.46. The number of amides is 1. The number of anilines is 1. The molecule has 0 fully saturated rings. The molecule has 0 bridgehead atoms. The smallest absolute Gasteiger partial charge is 0.229 e. The number of likely N-dealkylation sites (N-methyl/N-ethyl adjacent to an activating group) is 1. The molecular formula is C21H25ClFN3O3S2. The second-order valence-corrected chi connectivity index (χ2v) is 10.5. The highest BCUT2D eigenvalue weighted by Crippen LogP contribution is 2.30. The zero-order valence-corrected chi connectivity index (χ0v) is 20.0. The van der Waals surface area contributed by atoms with Crippen LogP contribution in [0.4, 0.5) is 9.52 Å². The summed E-state index contributed by atoms with van der Waals surface area (Å²) < 4.78 is 39.1. The zero-order valence-electron chi connectivity index (χ0n) is 17.5. The number of benzene rings is 2. The number of hydrogen-bond donors (Lipinski definition) is 0. The number of aromatic nitrogens is 1. The maximum absolute atomic E-state index is 13.1. The molecular weight excluding hydrogens is 461 g/mol. The van der Waals surface area contributed by atoms with Crippen molar-refractivity contribution in [2.45, 2.75) is 18.2 Å². The lowest BCUT2D eigenvalue weighted by Crippen LogP contribution is -2.37. The van der Waals surface area contributed by atoms with Crippen molar-refractivity contribution >= 4 is 54.8 Å². The van der Waals surface area contributed by atoms with E-state index < -0.39 is 15.7 Å². The Morgan fingerprint density at radius 3 is 2.42 bits per heavy atom. The molecule has 0 atom stereocenters. The van der Waals surface area contributed by atoms with Gasteiger partial charge in [0.2, 0.25) is 5.91 Å². The van der Waals surface area contributed by atoms with Gasteiger partial charge in [0.05, 0.1) is 20.9 Å². The third-order valence-corrected chi connectivity index (χ3v) is 7.37. The summed E-state index contributed by atoms with van der Waals surface area (Å²) in [7, 11) is 0.121. The van der Waals surface area contributed by atoms with E-state index in [9.17, 15) is 17.6 Å². The van der Waals surface area contributed by atoms with Gasteiger partial charge in [-0.1, -0.05) is 17.4 Å².